The molecule has 0 aliphatic rings. The molecule has 0 N–H and O–H groups in total. The molecule has 0 spiro atoms. The van der Waals surface area contributed by atoms with Crippen molar-refractivity contribution in [3.63, 3.8) is 0 Å². The highest BCUT2D eigenvalue weighted by molar-refractivity contribution is 7.07. The van der Waals surface area contributed by atoms with Crippen LogP contribution in [-0.2, 0) is 6.61 Å². The van der Waals surface area contributed by atoms with Gasteiger partial charge in [0.1, 0.15) is 18.1 Å². The van der Waals surface area contributed by atoms with Crippen LogP contribution in [0.2, 0.25) is 0 Å². The van der Waals surface area contributed by atoms with Gasteiger partial charge in [-0.25, -0.2) is 0 Å². The van der Waals surface area contributed by atoms with E-state index in [0.717, 1.165) is 5.56 Å². The standard InChI is InChI=1S/C13H11NO2S/c1-15-12-4-11(7-14)5-13(6-12)16-8-10-2-3-17-9-10/h2-6,9H,8H2,1H3. The first-order chi connectivity index (χ1) is 8.31. The summed E-state index contributed by atoms with van der Waals surface area (Å²) >= 11 is 1.63. The number of ether oxygens (including phenoxy) is 2. The second kappa shape index (κ2) is 5.37. The average molecular weight is 245 g/mol. The molecule has 3 nitrogen and oxygen atoms in total. The molecular weight excluding hydrogens is 234 g/mol. The Morgan fingerprint density at radius 3 is 2.76 bits per heavy atom. The van der Waals surface area contributed by atoms with Gasteiger partial charge >= 0.3 is 0 Å². The molecule has 0 saturated carbocycles. The molecule has 0 atom stereocenters. The van der Waals surface area contributed by atoms with Crippen LogP contribution in [0.1, 0.15) is 11.1 Å². The third-order valence-electron chi connectivity index (χ3n) is 2.23. The fraction of sp³-hybridized carbons (Fsp3) is 0.154. The number of hydrogen-bond donors (Lipinski definition) is 0. The van der Waals surface area contributed by atoms with Crippen molar-refractivity contribution in [1.29, 1.82) is 5.26 Å². The third kappa shape index (κ3) is 2.99. The lowest BCUT2D eigenvalue weighted by Crippen LogP contribution is -1.95. The SMILES string of the molecule is COc1cc(C#N)cc(OCc2ccsc2)c1. The minimum atomic E-state index is 0.502. The van der Waals surface area contributed by atoms with E-state index < -0.39 is 0 Å². The van der Waals surface area contributed by atoms with Crippen molar-refractivity contribution in [2.45, 2.75) is 6.61 Å². The zero-order valence-electron chi connectivity index (χ0n) is 9.34. The summed E-state index contributed by atoms with van der Waals surface area (Å²) in [6.07, 6.45) is 0. The highest BCUT2D eigenvalue weighted by Crippen LogP contribution is 2.23. The Morgan fingerprint density at radius 1 is 1.29 bits per heavy atom. The summed E-state index contributed by atoms with van der Waals surface area (Å²) in [6.45, 7) is 0.502. The lowest BCUT2D eigenvalue weighted by molar-refractivity contribution is 0.304. The highest BCUT2D eigenvalue weighted by Gasteiger charge is 2.02. The summed E-state index contributed by atoms with van der Waals surface area (Å²) in [6, 6.07) is 9.24. The van der Waals surface area contributed by atoms with E-state index >= 15 is 0 Å². The van der Waals surface area contributed by atoms with E-state index in [1.165, 1.54) is 0 Å². The number of thiophene rings is 1. The second-order valence-electron chi connectivity index (χ2n) is 3.43. The van der Waals surface area contributed by atoms with Gasteiger partial charge in [-0.2, -0.15) is 16.6 Å². The van der Waals surface area contributed by atoms with Crippen molar-refractivity contribution in [1.82, 2.24) is 0 Å². The van der Waals surface area contributed by atoms with Gasteiger partial charge in [0.15, 0.2) is 0 Å². The van der Waals surface area contributed by atoms with Gasteiger partial charge in [-0.3, -0.25) is 0 Å². The second-order valence-corrected chi connectivity index (χ2v) is 4.21. The smallest absolute Gasteiger partial charge is 0.124 e. The van der Waals surface area contributed by atoms with Gasteiger partial charge in [0, 0.05) is 6.07 Å². The van der Waals surface area contributed by atoms with Crippen LogP contribution in [0.25, 0.3) is 0 Å². The van der Waals surface area contributed by atoms with Crippen LogP contribution in [0.5, 0.6) is 11.5 Å². The molecule has 86 valence electrons. The normalized spacial score (nSPS) is 9.65. The lowest BCUT2D eigenvalue weighted by atomic mass is 10.2. The van der Waals surface area contributed by atoms with Crippen molar-refractivity contribution < 1.29 is 9.47 Å². The average Bonchev–Trinajstić information content (AvgIpc) is 2.89. The van der Waals surface area contributed by atoms with E-state index in [1.807, 2.05) is 16.8 Å². The Kier molecular flexibility index (Phi) is 3.63. The maximum atomic E-state index is 8.87. The Balaban J connectivity index is 2.12. The molecule has 0 bridgehead atoms. The van der Waals surface area contributed by atoms with E-state index in [2.05, 4.69) is 6.07 Å². The Hall–Kier alpha value is -1.99. The fourth-order valence-corrected chi connectivity index (χ4v) is 2.03. The first kappa shape index (κ1) is 11.5. The molecule has 0 unspecified atom stereocenters. The Labute approximate surface area is 104 Å². The highest BCUT2D eigenvalue weighted by atomic mass is 32.1. The summed E-state index contributed by atoms with van der Waals surface area (Å²) in [5, 5.41) is 12.9. The monoisotopic (exact) mass is 245 g/mol. The van der Waals surface area contributed by atoms with Crippen LogP contribution in [-0.4, -0.2) is 7.11 Å². The van der Waals surface area contributed by atoms with E-state index in [-0.39, 0.29) is 0 Å². The topological polar surface area (TPSA) is 42.2 Å². The third-order valence-corrected chi connectivity index (χ3v) is 2.96. The molecule has 2 aromatic rings. The van der Waals surface area contributed by atoms with Crippen molar-refractivity contribution >= 4 is 11.3 Å². The summed E-state index contributed by atoms with van der Waals surface area (Å²) in [5.41, 5.74) is 1.65. The Bertz CT molecular complexity index is 529. The predicted octanol–water partition coefficient (Wildman–Crippen LogP) is 3.21. The van der Waals surface area contributed by atoms with Gasteiger partial charge in [-0.1, -0.05) is 0 Å². The van der Waals surface area contributed by atoms with Crippen LogP contribution in [0.3, 0.4) is 0 Å². The van der Waals surface area contributed by atoms with Gasteiger partial charge in [0.05, 0.1) is 18.7 Å². The maximum Gasteiger partial charge on any atom is 0.124 e. The van der Waals surface area contributed by atoms with E-state index in [4.69, 9.17) is 14.7 Å². The lowest BCUT2D eigenvalue weighted by Gasteiger charge is -2.07. The predicted molar refractivity (Wildman–Crippen MR) is 66.4 cm³/mol. The van der Waals surface area contributed by atoms with Crippen molar-refractivity contribution in [2.75, 3.05) is 7.11 Å². The molecular formula is C13H11NO2S. The first-order valence-corrected chi connectivity index (χ1v) is 5.99. The molecule has 0 amide bonds. The summed E-state index contributed by atoms with van der Waals surface area (Å²) in [5.74, 6) is 1.27. The molecule has 1 aromatic heterocycles. The molecule has 17 heavy (non-hydrogen) atoms. The number of rotatable bonds is 4. The molecule has 0 aliphatic heterocycles. The summed E-state index contributed by atoms with van der Waals surface area (Å²) < 4.78 is 10.7. The largest absolute Gasteiger partial charge is 0.497 e. The molecule has 2 rings (SSSR count). The van der Waals surface area contributed by atoms with E-state index in [9.17, 15) is 0 Å². The first-order valence-electron chi connectivity index (χ1n) is 5.05. The number of benzene rings is 1. The van der Waals surface area contributed by atoms with Crippen molar-refractivity contribution in [3.8, 4) is 17.6 Å². The number of hydrogen-bond acceptors (Lipinski definition) is 4. The van der Waals surface area contributed by atoms with Gasteiger partial charge in [0.2, 0.25) is 0 Å². The van der Waals surface area contributed by atoms with Gasteiger partial charge in [-0.05, 0) is 34.5 Å². The number of nitriles is 1. The number of nitrogens with zero attached hydrogens (tertiary/aromatic N) is 1. The molecule has 4 heteroatoms. The van der Waals surface area contributed by atoms with E-state index in [0.29, 0.717) is 23.7 Å². The molecule has 0 fully saturated rings. The summed E-state index contributed by atoms with van der Waals surface area (Å²) in [7, 11) is 1.57. The van der Waals surface area contributed by atoms with Crippen molar-refractivity contribution in [2.24, 2.45) is 0 Å². The minimum absolute atomic E-state index is 0.502. The van der Waals surface area contributed by atoms with Crippen LogP contribution < -0.4 is 9.47 Å². The minimum Gasteiger partial charge on any atom is -0.497 e. The summed E-state index contributed by atoms with van der Waals surface area (Å²) in [4.78, 5) is 0. The zero-order valence-corrected chi connectivity index (χ0v) is 10.2. The molecule has 0 aliphatic carbocycles. The van der Waals surface area contributed by atoms with Crippen LogP contribution in [0.15, 0.2) is 35.0 Å². The number of methoxy groups -OCH3 is 1. The quantitative estimate of drug-likeness (QED) is 0.830. The molecule has 0 radical (unpaired) electrons. The molecule has 1 heterocycles. The maximum absolute atomic E-state index is 8.87. The zero-order chi connectivity index (χ0) is 12.1. The van der Waals surface area contributed by atoms with Gasteiger partial charge in [0.25, 0.3) is 0 Å². The Morgan fingerprint density at radius 2 is 2.12 bits per heavy atom. The fourth-order valence-electron chi connectivity index (χ4n) is 1.38. The van der Waals surface area contributed by atoms with E-state index in [1.54, 1.807) is 36.6 Å². The van der Waals surface area contributed by atoms with Gasteiger partial charge in [-0.15, -0.1) is 0 Å². The molecule has 0 saturated heterocycles. The molecule has 1 aromatic carbocycles. The van der Waals surface area contributed by atoms with Crippen LogP contribution in [0.4, 0.5) is 0 Å². The van der Waals surface area contributed by atoms with Gasteiger partial charge < -0.3 is 9.47 Å². The van der Waals surface area contributed by atoms with Crippen LogP contribution in [0, 0.1) is 11.3 Å². The van der Waals surface area contributed by atoms with Crippen molar-refractivity contribution in [3.05, 3.63) is 46.2 Å². The van der Waals surface area contributed by atoms with Crippen LogP contribution >= 0.6 is 11.3 Å².